The van der Waals surface area contributed by atoms with Crippen molar-refractivity contribution in [1.29, 1.82) is 0 Å². The lowest BCUT2D eigenvalue weighted by Gasteiger charge is -2.38. The second-order valence-electron chi connectivity index (χ2n) is 14.1. The molecule has 0 radical (unpaired) electrons. The Balaban J connectivity index is 1.32. The maximum atomic E-state index is 9.86. The van der Waals surface area contributed by atoms with E-state index in [9.17, 15) is 10.0 Å². The van der Waals surface area contributed by atoms with Gasteiger partial charge in [0.25, 0.3) is 0 Å². The molecule has 1 spiro atoms. The highest BCUT2D eigenvalue weighted by Gasteiger charge is 2.57. The van der Waals surface area contributed by atoms with Gasteiger partial charge in [0, 0.05) is 22.6 Å². The molecule has 3 nitrogen and oxygen atoms in total. The summed E-state index contributed by atoms with van der Waals surface area (Å²) in [5.74, 6) is 0.779. The molecule has 3 atom stereocenters. The van der Waals surface area contributed by atoms with Crippen molar-refractivity contribution in [2.24, 2.45) is 5.92 Å². The van der Waals surface area contributed by atoms with E-state index >= 15 is 0 Å². The molecule has 0 aliphatic heterocycles. The third-order valence-corrected chi connectivity index (χ3v) is 11.6. The lowest BCUT2D eigenvalue weighted by molar-refractivity contribution is 0.399. The molecule has 252 valence electrons. The first-order valence-electron chi connectivity index (χ1n) is 18.3. The lowest BCUT2D eigenvalue weighted by Crippen LogP contribution is -2.33. The van der Waals surface area contributed by atoms with Crippen molar-refractivity contribution < 1.29 is 10.0 Å². The molecule has 6 aromatic rings. The summed E-state index contributed by atoms with van der Waals surface area (Å²) in [7, 11) is -1.53. The van der Waals surface area contributed by atoms with Gasteiger partial charge in [-0.1, -0.05) is 146 Å². The summed E-state index contributed by atoms with van der Waals surface area (Å²) in [6, 6.07) is 47.9. The van der Waals surface area contributed by atoms with Gasteiger partial charge in [0.15, 0.2) is 0 Å². The van der Waals surface area contributed by atoms with E-state index in [2.05, 4.69) is 152 Å². The summed E-state index contributed by atoms with van der Waals surface area (Å²) in [6.07, 6.45) is 13.3. The maximum Gasteiger partial charge on any atom is 0.488 e. The van der Waals surface area contributed by atoms with Crippen LogP contribution in [0.15, 0.2) is 176 Å². The molecular formula is C48H40BNO2. The molecule has 6 aromatic carbocycles. The summed E-state index contributed by atoms with van der Waals surface area (Å²) >= 11 is 0. The average molecular weight is 674 g/mol. The number of hydrogen-bond acceptors (Lipinski definition) is 3. The Kier molecular flexibility index (Phi) is 7.95. The molecule has 0 saturated heterocycles. The van der Waals surface area contributed by atoms with Crippen LogP contribution in [0.3, 0.4) is 0 Å². The van der Waals surface area contributed by atoms with Gasteiger partial charge in [-0.2, -0.15) is 0 Å². The van der Waals surface area contributed by atoms with Crippen LogP contribution in [0.4, 0.5) is 11.4 Å². The highest BCUT2D eigenvalue weighted by molar-refractivity contribution is 6.58. The first kappa shape index (κ1) is 32.2. The van der Waals surface area contributed by atoms with Gasteiger partial charge in [-0.15, -0.1) is 0 Å². The quantitative estimate of drug-likeness (QED) is 0.101. The maximum absolute atomic E-state index is 9.86. The number of anilines is 2. The molecule has 0 heterocycles. The molecule has 2 N–H and O–H groups in total. The van der Waals surface area contributed by atoms with Gasteiger partial charge < -0.3 is 14.9 Å². The summed E-state index contributed by atoms with van der Waals surface area (Å²) in [5.41, 5.74) is 13.5. The van der Waals surface area contributed by atoms with Crippen LogP contribution in [0, 0.1) is 5.92 Å². The Hall–Kier alpha value is -5.68. The Bertz CT molecular complexity index is 2450. The van der Waals surface area contributed by atoms with E-state index in [0.717, 1.165) is 51.8 Å². The van der Waals surface area contributed by atoms with Crippen molar-refractivity contribution in [3.8, 4) is 11.1 Å². The Morgan fingerprint density at radius 1 is 0.788 bits per heavy atom. The summed E-state index contributed by atoms with van der Waals surface area (Å²) < 4.78 is 0. The van der Waals surface area contributed by atoms with E-state index < -0.39 is 7.12 Å². The van der Waals surface area contributed by atoms with Crippen LogP contribution < -0.4 is 10.4 Å². The first-order valence-corrected chi connectivity index (χ1v) is 18.3. The molecule has 0 saturated carbocycles. The van der Waals surface area contributed by atoms with Crippen LogP contribution >= 0.6 is 0 Å². The van der Waals surface area contributed by atoms with Gasteiger partial charge in [0.2, 0.25) is 0 Å². The topological polar surface area (TPSA) is 43.7 Å². The molecule has 0 fully saturated rings. The van der Waals surface area contributed by atoms with Gasteiger partial charge in [-0.25, -0.2) is 0 Å². The van der Waals surface area contributed by atoms with Crippen molar-refractivity contribution in [2.75, 3.05) is 4.90 Å². The van der Waals surface area contributed by atoms with Crippen LogP contribution in [-0.2, 0) is 5.41 Å². The third-order valence-electron chi connectivity index (χ3n) is 11.6. The van der Waals surface area contributed by atoms with E-state index in [1.807, 2.05) is 18.2 Å². The first-order chi connectivity index (χ1) is 25.6. The summed E-state index contributed by atoms with van der Waals surface area (Å²) in [5, 5.41) is 22.0. The summed E-state index contributed by atoms with van der Waals surface area (Å²) in [4.78, 5) is 2.39. The SMILES string of the molecule is C=C/C=C(\C(=C/C)c1ccc(B(O)O)cc1)N(c1ccc2c(c1)C1(c3ccccc3-2)c2ccccc2C2CCC=CC21)c1cccc2ccccc12. The van der Waals surface area contributed by atoms with Gasteiger partial charge in [0.1, 0.15) is 0 Å². The molecule has 3 aliphatic rings. The van der Waals surface area contributed by atoms with Crippen molar-refractivity contribution in [3.05, 3.63) is 204 Å². The number of hydrogen-bond donors (Lipinski definition) is 2. The monoisotopic (exact) mass is 673 g/mol. The van der Waals surface area contributed by atoms with Crippen molar-refractivity contribution in [3.63, 3.8) is 0 Å². The zero-order chi connectivity index (χ0) is 35.4. The standard InChI is InChI=1S/C48H40BNO2/c1-3-14-46(36(4-2)33-25-27-34(28-26-33)49(51)52)50(47-24-13-16-32-15-5-6-17-37(32)47)35-29-30-41-40-20-9-12-23-44(40)48(45(41)31-35)42-21-10-7-18-38(42)39-19-8-11-22-43(39)48/h3-7,9-18,20-31,39,43,51-52H,1,8,19H2,2H3/b36-4-,46-14+. The predicted octanol–water partition coefficient (Wildman–Crippen LogP) is 10.2. The second kappa shape index (κ2) is 12.8. The largest absolute Gasteiger partial charge is 0.488 e. The fourth-order valence-electron chi connectivity index (χ4n) is 9.58. The summed E-state index contributed by atoms with van der Waals surface area (Å²) in [6.45, 7) is 6.25. The minimum Gasteiger partial charge on any atom is -0.423 e. The fraction of sp³-hybridized carbons (Fsp3) is 0.125. The molecule has 0 amide bonds. The van der Waals surface area contributed by atoms with Crippen LogP contribution in [0.1, 0.15) is 53.5 Å². The minimum absolute atomic E-state index is 0.308. The van der Waals surface area contributed by atoms with Gasteiger partial charge in [-0.05, 0) is 99.8 Å². The zero-order valence-corrected chi connectivity index (χ0v) is 29.3. The second-order valence-corrected chi connectivity index (χ2v) is 14.1. The minimum atomic E-state index is -1.53. The van der Waals surface area contributed by atoms with E-state index in [0.29, 0.717) is 17.3 Å². The molecule has 0 aromatic heterocycles. The van der Waals surface area contributed by atoms with Gasteiger partial charge >= 0.3 is 7.12 Å². The molecule has 9 rings (SSSR count). The predicted molar refractivity (Wildman–Crippen MR) is 217 cm³/mol. The van der Waals surface area contributed by atoms with Crippen molar-refractivity contribution in [1.82, 2.24) is 0 Å². The number of nitrogens with zero attached hydrogens (tertiary/aromatic N) is 1. The molecule has 0 bridgehead atoms. The number of allylic oxidation sites excluding steroid dienone is 6. The third kappa shape index (κ3) is 4.75. The number of fused-ring (bicyclic) bond motifs is 11. The van der Waals surface area contributed by atoms with Crippen molar-refractivity contribution >= 4 is 40.3 Å². The molecule has 3 aliphatic carbocycles. The normalized spacial score (nSPS) is 20.0. The fourth-order valence-corrected chi connectivity index (χ4v) is 9.58. The number of benzene rings is 6. The lowest BCUT2D eigenvalue weighted by atomic mass is 9.64. The zero-order valence-electron chi connectivity index (χ0n) is 29.3. The van der Waals surface area contributed by atoms with E-state index in [4.69, 9.17) is 0 Å². The highest BCUT2D eigenvalue weighted by atomic mass is 16.4. The van der Waals surface area contributed by atoms with Crippen LogP contribution in [0.5, 0.6) is 0 Å². The van der Waals surface area contributed by atoms with Gasteiger partial charge in [0.05, 0.1) is 16.8 Å². The molecule has 3 unspecified atom stereocenters. The van der Waals surface area contributed by atoms with E-state index in [1.54, 1.807) is 12.1 Å². The average Bonchev–Trinajstić information content (AvgIpc) is 3.66. The Morgan fingerprint density at radius 3 is 2.33 bits per heavy atom. The van der Waals surface area contributed by atoms with E-state index in [1.165, 1.54) is 33.4 Å². The van der Waals surface area contributed by atoms with Crippen molar-refractivity contribution in [2.45, 2.75) is 31.1 Å². The van der Waals surface area contributed by atoms with Crippen LogP contribution in [0.2, 0.25) is 0 Å². The highest BCUT2D eigenvalue weighted by Crippen LogP contribution is 2.66. The molecular weight excluding hydrogens is 633 g/mol. The molecule has 52 heavy (non-hydrogen) atoms. The Labute approximate surface area is 306 Å². The van der Waals surface area contributed by atoms with Gasteiger partial charge in [-0.3, -0.25) is 0 Å². The van der Waals surface area contributed by atoms with Crippen LogP contribution in [-0.4, -0.2) is 17.2 Å². The van der Waals surface area contributed by atoms with E-state index in [-0.39, 0.29) is 5.41 Å². The van der Waals surface area contributed by atoms with Crippen LogP contribution in [0.25, 0.3) is 27.5 Å². The Morgan fingerprint density at radius 2 is 1.52 bits per heavy atom. The molecule has 4 heteroatoms. The number of rotatable bonds is 7. The smallest absolute Gasteiger partial charge is 0.423 e.